The third kappa shape index (κ3) is 5.30. The minimum absolute atomic E-state index is 0.000869. The zero-order valence-corrected chi connectivity index (χ0v) is 24.8. The number of fused-ring (bicyclic) bond motifs is 3. The number of rotatable bonds is 7. The van der Waals surface area contributed by atoms with E-state index in [1.807, 2.05) is 0 Å². The second-order valence-electron chi connectivity index (χ2n) is 11.7. The largest absolute Gasteiger partial charge is 0.507 e. The number of nitrogens with zero attached hydrogens (tertiary/aromatic N) is 1. The molecule has 2 heterocycles. The fourth-order valence-electron chi connectivity index (χ4n) is 6.45. The molecule has 0 aromatic heterocycles. The summed E-state index contributed by atoms with van der Waals surface area (Å²) in [6.07, 6.45) is -4.71. The number of phenolic OH excluding ortho intramolecular Hbond substituents is 1. The molecular formula is C34H31NO11. The first-order valence-electron chi connectivity index (χ1n) is 14.6. The van der Waals surface area contributed by atoms with Crippen LogP contribution in [0.1, 0.15) is 79.1 Å². The van der Waals surface area contributed by atoms with Gasteiger partial charge in [-0.25, -0.2) is 4.79 Å². The first kappa shape index (κ1) is 31.0. The monoisotopic (exact) mass is 629 g/mol. The first-order chi connectivity index (χ1) is 21.8. The molecule has 3 aromatic rings. The summed E-state index contributed by atoms with van der Waals surface area (Å²) in [5, 5.41) is 50.9. The van der Waals surface area contributed by atoms with Gasteiger partial charge in [0.15, 0.2) is 5.78 Å². The Balaban J connectivity index is 1.52. The Morgan fingerprint density at radius 2 is 1.72 bits per heavy atom. The quantitative estimate of drug-likeness (QED) is 0.256. The summed E-state index contributed by atoms with van der Waals surface area (Å²) in [4.78, 5) is 54.2. The van der Waals surface area contributed by atoms with E-state index in [0.717, 1.165) is 0 Å². The van der Waals surface area contributed by atoms with Gasteiger partial charge in [-0.3, -0.25) is 14.4 Å². The van der Waals surface area contributed by atoms with Crippen LogP contribution in [-0.2, 0) is 16.1 Å². The van der Waals surface area contributed by atoms with Crippen molar-refractivity contribution >= 4 is 29.1 Å². The molecule has 0 radical (unpaired) electrons. The van der Waals surface area contributed by atoms with E-state index < -0.39 is 60.6 Å². The van der Waals surface area contributed by atoms with Crippen LogP contribution in [0.3, 0.4) is 0 Å². The second-order valence-corrected chi connectivity index (χ2v) is 11.7. The lowest BCUT2D eigenvalue weighted by Crippen LogP contribution is -2.48. The smallest absolute Gasteiger partial charge is 0.335 e. The fourth-order valence-corrected chi connectivity index (χ4v) is 6.45. The highest BCUT2D eigenvalue weighted by molar-refractivity contribution is 6.41. The maximum Gasteiger partial charge on any atom is 0.335 e. The summed E-state index contributed by atoms with van der Waals surface area (Å²) < 4.78 is 11.7. The molecule has 6 rings (SSSR count). The van der Waals surface area contributed by atoms with Gasteiger partial charge in [-0.2, -0.15) is 0 Å². The van der Waals surface area contributed by atoms with Crippen molar-refractivity contribution in [2.45, 2.75) is 63.9 Å². The number of aromatic carboxylic acids is 1. The lowest BCUT2D eigenvalue weighted by atomic mass is 9.76. The van der Waals surface area contributed by atoms with Crippen LogP contribution in [0.25, 0.3) is 5.57 Å². The van der Waals surface area contributed by atoms with Crippen molar-refractivity contribution < 1.29 is 54.2 Å². The van der Waals surface area contributed by atoms with E-state index in [1.165, 1.54) is 41.3 Å². The lowest BCUT2D eigenvalue weighted by molar-refractivity contribution is -0.216. The van der Waals surface area contributed by atoms with E-state index in [0.29, 0.717) is 16.7 Å². The van der Waals surface area contributed by atoms with Crippen molar-refractivity contribution in [3.05, 3.63) is 99.2 Å². The number of hydrogen-bond acceptors (Lipinski definition) is 10. The number of allylic oxidation sites excluding steroid dienone is 2. The number of aromatic hydroxyl groups is 1. The van der Waals surface area contributed by atoms with Crippen LogP contribution in [0.15, 0.2) is 60.3 Å². The molecular weight excluding hydrogens is 598 g/mol. The summed E-state index contributed by atoms with van der Waals surface area (Å²) in [6.45, 7) is 3.20. The lowest BCUT2D eigenvalue weighted by Gasteiger charge is -2.42. The third-order valence-corrected chi connectivity index (χ3v) is 8.60. The molecule has 1 aliphatic carbocycles. The van der Waals surface area contributed by atoms with E-state index in [2.05, 4.69) is 0 Å². The van der Waals surface area contributed by atoms with E-state index >= 15 is 0 Å². The first-order valence-corrected chi connectivity index (χ1v) is 14.6. The van der Waals surface area contributed by atoms with Gasteiger partial charge in [0.05, 0.1) is 47.1 Å². The molecule has 46 heavy (non-hydrogen) atoms. The predicted molar refractivity (Wildman–Crippen MR) is 160 cm³/mol. The number of carboxylic acids is 2. The maximum atomic E-state index is 14.6. The molecule has 0 amide bonds. The average Bonchev–Trinajstić information content (AvgIpc) is 2.99. The molecule has 0 spiro atoms. The Labute approximate surface area is 262 Å². The summed E-state index contributed by atoms with van der Waals surface area (Å²) in [7, 11) is 0. The van der Waals surface area contributed by atoms with Crippen LogP contribution in [0, 0.1) is 6.92 Å². The SMILES string of the molecule is Cc1cc(O)c2c(c1)C(CC(=O)O)N(Cc1ccc(C(=O)O)cc1)C1=C2C(=O)c2cccc(OC3CC(O)C(O)C(C)O3)c2C1=O. The number of aliphatic hydroxyl groups excluding tert-OH is 2. The third-order valence-electron chi connectivity index (χ3n) is 8.60. The Bertz CT molecular complexity index is 1800. The number of carboxylic acid groups (broad SMARTS) is 2. The number of carbonyl (C=O) groups is 4. The van der Waals surface area contributed by atoms with Gasteiger partial charge >= 0.3 is 11.9 Å². The molecule has 5 unspecified atom stereocenters. The topological polar surface area (TPSA) is 191 Å². The number of aliphatic carboxylic acids is 1. The molecule has 5 N–H and O–H groups in total. The van der Waals surface area contributed by atoms with Crippen LogP contribution in [0.5, 0.6) is 11.5 Å². The molecule has 1 fully saturated rings. The molecule has 12 nitrogen and oxygen atoms in total. The van der Waals surface area contributed by atoms with Crippen molar-refractivity contribution in [2.75, 3.05) is 0 Å². The highest BCUT2D eigenvalue weighted by atomic mass is 16.7. The summed E-state index contributed by atoms with van der Waals surface area (Å²) in [6, 6.07) is 12.4. The maximum absolute atomic E-state index is 14.6. The van der Waals surface area contributed by atoms with Gasteiger partial charge in [0.25, 0.3) is 0 Å². The van der Waals surface area contributed by atoms with Crippen molar-refractivity contribution in [3.63, 3.8) is 0 Å². The summed E-state index contributed by atoms with van der Waals surface area (Å²) in [5.41, 5.74) is 1.29. The zero-order chi connectivity index (χ0) is 33.0. The van der Waals surface area contributed by atoms with Crippen LogP contribution < -0.4 is 4.74 Å². The Morgan fingerprint density at radius 1 is 1.00 bits per heavy atom. The highest BCUT2D eigenvalue weighted by Gasteiger charge is 2.46. The minimum atomic E-state index is -1.18. The molecule has 0 saturated carbocycles. The number of ether oxygens (including phenoxy) is 2. The van der Waals surface area contributed by atoms with Gasteiger partial charge in [-0.1, -0.05) is 30.3 Å². The molecule has 1 saturated heterocycles. The molecule has 5 atom stereocenters. The molecule has 238 valence electrons. The fraction of sp³-hybridized carbons (Fsp3) is 0.294. The number of aryl methyl sites for hydroxylation is 1. The molecule has 0 bridgehead atoms. The Morgan fingerprint density at radius 3 is 2.37 bits per heavy atom. The van der Waals surface area contributed by atoms with Crippen LogP contribution in [0.2, 0.25) is 0 Å². The van der Waals surface area contributed by atoms with Gasteiger partial charge in [0.1, 0.15) is 17.6 Å². The van der Waals surface area contributed by atoms with Crippen LogP contribution >= 0.6 is 0 Å². The van der Waals surface area contributed by atoms with E-state index in [9.17, 15) is 44.7 Å². The van der Waals surface area contributed by atoms with Gasteiger partial charge in [-0.05, 0) is 54.8 Å². The zero-order valence-electron chi connectivity index (χ0n) is 24.8. The van der Waals surface area contributed by atoms with Crippen LogP contribution in [0.4, 0.5) is 0 Å². The summed E-state index contributed by atoms with van der Waals surface area (Å²) in [5.74, 6) is -3.86. The van der Waals surface area contributed by atoms with Crippen molar-refractivity contribution in [1.29, 1.82) is 0 Å². The summed E-state index contributed by atoms with van der Waals surface area (Å²) >= 11 is 0. The van der Waals surface area contributed by atoms with Crippen molar-refractivity contribution in [3.8, 4) is 11.5 Å². The normalized spacial score (nSPS) is 23.8. The number of Topliss-reactive ketones (excluding diaryl/α,β-unsaturated/α-hetero) is 2. The van der Waals surface area contributed by atoms with E-state index in [1.54, 1.807) is 32.0 Å². The van der Waals surface area contributed by atoms with E-state index in [-0.39, 0.29) is 58.0 Å². The standard InChI is InChI=1S/C34H31NO11/c1-15-10-20-21(12-25(38)39)35(14-17-6-8-18(9-7-17)34(43)44)30-29(27(20)22(36)11-15)32(41)19-4-3-5-24(28(19)33(30)42)46-26-13-23(37)31(40)16(2)45-26/h3-11,16,21,23,26,31,36-37,40H,12-14H2,1-2H3,(H,38,39)(H,43,44). The molecule has 12 heteroatoms. The molecule has 3 aromatic carbocycles. The minimum Gasteiger partial charge on any atom is -0.507 e. The van der Waals surface area contributed by atoms with Gasteiger partial charge in [0, 0.05) is 24.1 Å². The number of hydrogen-bond donors (Lipinski definition) is 5. The number of phenols is 1. The highest BCUT2D eigenvalue weighted by Crippen LogP contribution is 2.50. The van der Waals surface area contributed by atoms with Crippen LogP contribution in [-0.4, -0.2) is 78.5 Å². The van der Waals surface area contributed by atoms with Gasteiger partial charge < -0.3 is 39.9 Å². The van der Waals surface area contributed by atoms with E-state index in [4.69, 9.17) is 9.47 Å². The predicted octanol–water partition coefficient (Wildman–Crippen LogP) is 3.46. The average molecular weight is 630 g/mol. The van der Waals surface area contributed by atoms with Crippen molar-refractivity contribution in [2.24, 2.45) is 0 Å². The van der Waals surface area contributed by atoms with Crippen molar-refractivity contribution in [1.82, 2.24) is 4.90 Å². The molecule has 3 aliphatic rings. The number of benzene rings is 3. The number of aliphatic hydroxyl groups is 2. The van der Waals surface area contributed by atoms with Gasteiger partial charge in [0.2, 0.25) is 12.1 Å². The number of carbonyl (C=O) groups excluding carboxylic acids is 2. The second kappa shape index (κ2) is 11.7. The Hall–Kier alpha value is -5.04. The number of ketones is 2. The Kier molecular flexibility index (Phi) is 7.88. The van der Waals surface area contributed by atoms with Gasteiger partial charge in [-0.15, -0.1) is 0 Å². The molecule has 2 aliphatic heterocycles.